The van der Waals surface area contributed by atoms with Gasteiger partial charge in [0, 0.05) is 13.0 Å². The number of aromatic carboxylic acids is 1. The van der Waals surface area contributed by atoms with Gasteiger partial charge in [0.15, 0.2) is 0 Å². The van der Waals surface area contributed by atoms with Crippen LogP contribution in [0.2, 0.25) is 0 Å². The highest BCUT2D eigenvalue weighted by Crippen LogP contribution is 2.24. The monoisotopic (exact) mass is 297 g/mol. The molecule has 0 bridgehead atoms. The molecule has 0 aliphatic rings. The van der Waals surface area contributed by atoms with Crippen LogP contribution in [0.5, 0.6) is 5.75 Å². The van der Waals surface area contributed by atoms with Gasteiger partial charge in [-0.25, -0.2) is 17.9 Å². The highest BCUT2D eigenvalue weighted by atomic mass is 32.2. The van der Waals surface area contributed by atoms with E-state index in [-0.39, 0.29) is 22.8 Å². The lowest BCUT2D eigenvalue weighted by atomic mass is 10.2. The van der Waals surface area contributed by atoms with Crippen molar-refractivity contribution < 1.29 is 23.1 Å². The molecule has 0 amide bonds. The van der Waals surface area contributed by atoms with E-state index in [1.165, 1.54) is 19.2 Å². The van der Waals surface area contributed by atoms with Crippen LogP contribution in [0.15, 0.2) is 23.1 Å². The number of hydrogen-bond acceptors (Lipinski definition) is 4. The molecular formula is C13H15NO5S. The van der Waals surface area contributed by atoms with Crippen LogP contribution in [0.4, 0.5) is 0 Å². The number of carboxylic acids is 1. The predicted molar refractivity (Wildman–Crippen MR) is 73.2 cm³/mol. The maximum atomic E-state index is 12.1. The van der Waals surface area contributed by atoms with Crippen LogP contribution >= 0.6 is 0 Å². The van der Waals surface area contributed by atoms with Gasteiger partial charge in [-0.2, -0.15) is 0 Å². The van der Waals surface area contributed by atoms with Crippen molar-refractivity contribution in [1.82, 2.24) is 4.72 Å². The topological polar surface area (TPSA) is 92.7 Å². The van der Waals surface area contributed by atoms with Gasteiger partial charge < -0.3 is 9.84 Å². The molecule has 108 valence electrons. The van der Waals surface area contributed by atoms with Crippen molar-refractivity contribution in [3.8, 4) is 17.6 Å². The van der Waals surface area contributed by atoms with Crippen molar-refractivity contribution in [1.29, 1.82) is 0 Å². The van der Waals surface area contributed by atoms with Crippen LogP contribution in [-0.2, 0) is 10.0 Å². The lowest BCUT2D eigenvalue weighted by molar-refractivity contribution is 0.0696. The molecule has 1 aromatic carbocycles. The molecule has 2 N–H and O–H groups in total. The standard InChI is InChI=1S/C13H15NO5S/c1-3-4-5-8-14-20(17,18)12-9-10(13(15)16)6-7-11(12)19-2/h6-7,9,14H,5,8H2,1-2H3,(H,15,16). The first kappa shape index (κ1) is 16.0. The van der Waals surface area contributed by atoms with Gasteiger partial charge in [0.2, 0.25) is 10.0 Å². The number of carbonyl (C=O) groups is 1. The number of ether oxygens (including phenoxy) is 1. The number of carboxylic acid groups (broad SMARTS) is 1. The van der Waals surface area contributed by atoms with Crippen LogP contribution in [0.1, 0.15) is 23.7 Å². The SMILES string of the molecule is CC#CCCNS(=O)(=O)c1cc(C(=O)O)ccc1OC. The smallest absolute Gasteiger partial charge is 0.335 e. The second kappa shape index (κ2) is 6.93. The molecule has 1 aromatic rings. The van der Waals surface area contributed by atoms with E-state index in [1.54, 1.807) is 6.92 Å². The molecule has 0 saturated heterocycles. The number of hydrogen-bond donors (Lipinski definition) is 2. The normalized spacial score (nSPS) is 10.5. The summed E-state index contributed by atoms with van der Waals surface area (Å²) in [6, 6.07) is 3.65. The number of benzene rings is 1. The molecule has 0 aliphatic carbocycles. The molecular weight excluding hydrogens is 282 g/mol. The highest BCUT2D eigenvalue weighted by molar-refractivity contribution is 7.89. The van der Waals surface area contributed by atoms with Crippen LogP contribution in [0, 0.1) is 11.8 Å². The molecule has 6 nitrogen and oxygen atoms in total. The Morgan fingerprint density at radius 2 is 2.15 bits per heavy atom. The van der Waals surface area contributed by atoms with Crippen molar-refractivity contribution >= 4 is 16.0 Å². The van der Waals surface area contributed by atoms with E-state index in [2.05, 4.69) is 16.6 Å². The summed E-state index contributed by atoms with van der Waals surface area (Å²) in [4.78, 5) is 10.7. The lowest BCUT2D eigenvalue weighted by Crippen LogP contribution is -2.25. The molecule has 20 heavy (non-hydrogen) atoms. The summed E-state index contributed by atoms with van der Waals surface area (Å²) < 4.78 is 31.5. The van der Waals surface area contributed by atoms with Gasteiger partial charge in [-0.15, -0.1) is 11.8 Å². The fraction of sp³-hybridized carbons (Fsp3) is 0.308. The molecule has 0 radical (unpaired) electrons. The quantitative estimate of drug-likeness (QED) is 0.605. The average molecular weight is 297 g/mol. The minimum atomic E-state index is -3.85. The van der Waals surface area contributed by atoms with Gasteiger partial charge in [-0.3, -0.25) is 0 Å². The van der Waals surface area contributed by atoms with Gasteiger partial charge in [0.25, 0.3) is 0 Å². The third kappa shape index (κ3) is 3.98. The Balaban J connectivity index is 3.10. The maximum absolute atomic E-state index is 12.1. The third-order valence-electron chi connectivity index (χ3n) is 2.42. The molecule has 0 saturated carbocycles. The molecule has 0 unspecified atom stereocenters. The Kier molecular flexibility index (Phi) is 5.55. The molecule has 7 heteroatoms. The first-order chi connectivity index (χ1) is 9.42. The minimum Gasteiger partial charge on any atom is -0.495 e. The first-order valence-electron chi connectivity index (χ1n) is 5.73. The fourth-order valence-electron chi connectivity index (χ4n) is 1.47. The van der Waals surface area contributed by atoms with Gasteiger partial charge in [-0.1, -0.05) is 0 Å². The van der Waals surface area contributed by atoms with Crippen molar-refractivity contribution in [3.05, 3.63) is 23.8 Å². The first-order valence-corrected chi connectivity index (χ1v) is 7.21. The summed E-state index contributed by atoms with van der Waals surface area (Å²) in [6.45, 7) is 1.80. The van der Waals surface area contributed by atoms with E-state index in [9.17, 15) is 13.2 Å². The predicted octanol–water partition coefficient (Wildman–Crippen LogP) is 1.09. The van der Waals surface area contributed by atoms with Crippen molar-refractivity contribution in [2.45, 2.75) is 18.2 Å². The van der Waals surface area contributed by atoms with E-state index in [0.29, 0.717) is 6.42 Å². The van der Waals surface area contributed by atoms with Crippen molar-refractivity contribution in [3.63, 3.8) is 0 Å². The molecule has 0 atom stereocenters. The zero-order chi connectivity index (χ0) is 15.2. The Labute approximate surface area is 117 Å². The van der Waals surface area contributed by atoms with Crippen LogP contribution in [0.25, 0.3) is 0 Å². The number of methoxy groups -OCH3 is 1. The van der Waals surface area contributed by atoms with Crippen LogP contribution in [-0.4, -0.2) is 33.1 Å². The zero-order valence-electron chi connectivity index (χ0n) is 11.1. The molecule has 0 fully saturated rings. The molecule has 0 heterocycles. The van der Waals surface area contributed by atoms with E-state index >= 15 is 0 Å². The summed E-state index contributed by atoms with van der Waals surface area (Å²) >= 11 is 0. The summed E-state index contributed by atoms with van der Waals surface area (Å²) in [5, 5.41) is 8.91. The Bertz CT molecular complexity index is 655. The summed E-state index contributed by atoms with van der Waals surface area (Å²) in [5.41, 5.74) is -0.125. The van der Waals surface area contributed by atoms with E-state index < -0.39 is 16.0 Å². The van der Waals surface area contributed by atoms with E-state index in [0.717, 1.165) is 6.07 Å². The summed E-state index contributed by atoms with van der Waals surface area (Å²) in [7, 11) is -2.53. The minimum absolute atomic E-state index is 0.0871. The van der Waals surface area contributed by atoms with Gasteiger partial charge >= 0.3 is 5.97 Å². The molecule has 0 aliphatic heterocycles. The van der Waals surface area contributed by atoms with Crippen LogP contribution in [0.3, 0.4) is 0 Å². The van der Waals surface area contributed by atoms with Crippen molar-refractivity contribution in [2.75, 3.05) is 13.7 Å². The maximum Gasteiger partial charge on any atom is 0.335 e. The summed E-state index contributed by atoms with van der Waals surface area (Å²) in [5.74, 6) is 4.26. The highest BCUT2D eigenvalue weighted by Gasteiger charge is 2.20. The Hall–Kier alpha value is -2.04. The molecule has 0 spiro atoms. The summed E-state index contributed by atoms with van der Waals surface area (Å²) in [6.07, 6.45) is 0.372. The van der Waals surface area contributed by atoms with Gasteiger partial charge in [0.05, 0.1) is 12.7 Å². The van der Waals surface area contributed by atoms with E-state index in [4.69, 9.17) is 9.84 Å². The van der Waals surface area contributed by atoms with Gasteiger partial charge in [-0.05, 0) is 25.1 Å². The van der Waals surface area contributed by atoms with Crippen molar-refractivity contribution in [2.24, 2.45) is 0 Å². The van der Waals surface area contributed by atoms with Gasteiger partial charge in [0.1, 0.15) is 10.6 Å². The lowest BCUT2D eigenvalue weighted by Gasteiger charge is -2.10. The largest absolute Gasteiger partial charge is 0.495 e. The number of sulfonamides is 1. The average Bonchev–Trinajstić information content (AvgIpc) is 2.42. The Morgan fingerprint density at radius 3 is 2.70 bits per heavy atom. The second-order valence-electron chi connectivity index (χ2n) is 3.75. The number of nitrogens with one attached hydrogen (secondary N) is 1. The third-order valence-corrected chi connectivity index (χ3v) is 3.90. The second-order valence-corrected chi connectivity index (χ2v) is 5.48. The fourth-order valence-corrected chi connectivity index (χ4v) is 2.70. The Morgan fingerprint density at radius 1 is 1.45 bits per heavy atom. The van der Waals surface area contributed by atoms with Crippen LogP contribution < -0.4 is 9.46 Å². The zero-order valence-corrected chi connectivity index (χ0v) is 12.0. The molecule has 1 rings (SSSR count). The van der Waals surface area contributed by atoms with E-state index in [1.807, 2.05) is 0 Å². The molecule has 0 aromatic heterocycles. The number of rotatable bonds is 6.